The van der Waals surface area contributed by atoms with Gasteiger partial charge in [-0.25, -0.2) is 4.39 Å². The van der Waals surface area contributed by atoms with Crippen LogP contribution in [0.2, 0.25) is 0 Å². The smallest absolute Gasteiger partial charge is 0.254 e. The van der Waals surface area contributed by atoms with Gasteiger partial charge in [0.25, 0.3) is 5.91 Å². The summed E-state index contributed by atoms with van der Waals surface area (Å²) in [6.45, 7) is 15.7. The maximum atomic E-state index is 13.5. The third-order valence-electron chi connectivity index (χ3n) is 8.30. The van der Waals surface area contributed by atoms with Gasteiger partial charge < -0.3 is 9.80 Å². The zero-order valence-electron chi connectivity index (χ0n) is 21.4. The van der Waals surface area contributed by atoms with Gasteiger partial charge in [-0.3, -0.25) is 14.5 Å². The number of rotatable bonds is 6. The molecule has 1 aromatic rings. The molecule has 2 unspecified atom stereocenters. The number of amides is 2. The van der Waals surface area contributed by atoms with Crippen molar-refractivity contribution in [3.8, 4) is 0 Å². The van der Waals surface area contributed by atoms with Gasteiger partial charge in [0, 0.05) is 56.8 Å². The molecule has 3 aliphatic carbocycles. The molecule has 6 heteroatoms. The molecular weight excluding hydrogens is 429 g/mol. The van der Waals surface area contributed by atoms with Crippen molar-refractivity contribution >= 4 is 11.8 Å². The molecule has 34 heavy (non-hydrogen) atoms. The number of allylic oxidation sites excluding steroid dienone is 1. The molecule has 1 aromatic carbocycles. The molecule has 2 amide bonds. The lowest BCUT2D eigenvalue weighted by Crippen LogP contribution is -2.53. The van der Waals surface area contributed by atoms with Crippen molar-refractivity contribution in [2.45, 2.75) is 47.5 Å². The molecule has 0 aromatic heterocycles. The summed E-state index contributed by atoms with van der Waals surface area (Å²) in [5, 5.41) is 0. The van der Waals surface area contributed by atoms with E-state index >= 15 is 0 Å². The quantitative estimate of drug-likeness (QED) is 0.578. The van der Waals surface area contributed by atoms with E-state index in [9.17, 15) is 14.0 Å². The lowest BCUT2D eigenvalue weighted by atomic mass is 9.49. The fourth-order valence-corrected chi connectivity index (χ4v) is 5.84. The highest BCUT2D eigenvalue weighted by Gasteiger charge is 2.51. The Kier molecular flexibility index (Phi) is 6.92. The molecule has 1 saturated carbocycles. The molecule has 2 fully saturated rings. The second-order valence-electron chi connectivity index (χ2n) is 11.9. The predicted molar refractivity (Wildman–Crippen MR) is 133 cm³/mol. The Hall–Kier alpha value is -2.21. The van der Waals surface area contributed by atoms with Crippen molar-refractivity contribution in [2.75, 3.05) is 45.8 Å². The molecule has 0 radical (unpaired) electrons. The first-order chi connectivity index (χ1) is 16.0. The molecule has 1 aliphatic heterocycles. The van der Waals surface area contributed by atoms with E-state index < -0.39 is 5.41 Å². The summed E-state index contributed by atoms with van der Waals surface area (Å²) in [5.74, 6) is 1.09. The minimum Gasteiger partial charge on any atom is -0.337 e. The molecule has 0 spiro atoms. The van der Waals surface area contributed by atoms with E-state index in [2.05, 4.69) is 29.7 Å². The summed E-state index contributed by atoms with van der Waals surface area (Å²) in [5.41, 5.74) is 1.78. The van der Waals surface area contributed by atoms with Gasteiger partial charge in [0.05, 0.1) is 0 Å². The van der Waals surface area contributed by atoms with Crippen LogP contribution >= 0.6 is 0 Å². The second-order valence-corrected chi connectivity index (χ2v) is 11.9. The maximum absolute atomic E-state index is 13.5. The van der Waals surface area contributed by atoms with E-state index in [-0.39, 0.29) is 17.6 Å². The monoisotopic (exact) mass is 469 g/mol. The average Bonchev–Trinajstić information content (AvgIpc) is 2.80. The van der Waals surface area contributed by atoms with Gasteiger partial charge in [-0.1, -0.05) is 52.3 Å². The van der Waals surface area contributed by atoms with Crippen LogP contribution in [0.15, 0.2) is 35.9 Å². The third kappa shape index (κ3) is 5.07. The van der Waals surface area contributed by atoms with Gasteiger partial charge in [-0.15, -0.1) is 0 Å². The van der Waals surface area contributed by atoms with Crippen LogP contribution in [0.25, 0.3) is 0 Å². The Morgan fingerprint density at radius 3 is 2.44 bits per heavy atom. The summed E-state index contributed by atoms with van der Waals surface area (Å²) in [6.07, 6.45) is 4.79. The number of fused-ring (bicyclic) bond motifs is 1. The standard InChI is InChI=1S/C28H40FN3O2/c1-27(2,3)26(34)32(19-21-9-10-22-18-24(21)28(22,4)5)16-13-30-11-14-31(15-12-30)25(33)20-7-6-8-23(29)17-20/h6-9,17,22,24H,10-16,18-19H2,1-5H3. The summed E-state index contributed by atoms with van der Waals surface area (Å²) >= 11 is 0. The van der Waals surface area contributed by atoms with Crippen LogP contribution in [0.5, 0.6) is 0 Å². The highest BCUT2D eigenvalue weighted by atomic mass is 19.1. The van der Waals surface area contributed by atoms with Crippen molar-refractivity contribution < 1.29 is 14.0 Å². The van der Waals surface area contributed by atoms with Crippen LogP contribution < -0.4 is 0 Å². The number of hydrogen-bond acceptors (Lipinski definition) is 3. The summed E-state index contributed by atoms with van der Waals surface area (Å²) in [6, 6.07) is 5.90. The normalized spacial score (nSPS) is 24.3. The van der Waals surface area contributed by atoms with Gasteiger partial charge >= 0.3 is 0 Å². The fraction of sp³-hybridized carbons (Fsp3) is 0.643. The van der Waals surface area contributed by atoms with Gasteiger partial charge in [0.1, 0.15) is 5.82 Å². The van der Waals surface area contributed by atoms with Crippen LogP contribution in [0.3, 0.4) is 0 Å². The molecular formula is C28H40FN3O2. The van der Waals surface area contributed by atoms with E-state index in [1.807, 2.05) is 20.8 Å². The van der Waals surface area contributed by atoms with Gasteiger partial charge in [0.15, 0.2) is 0 Å². The average molecular weight is 470 g/mol. The number of piperazine rings is 1. The molecule has 2 bridgehead atoms. The Balaban J connectivity index is 1.34. The van der Waals surface area contributed by atoms with Crippen molar-refractivity contribution in [2.24, 2.45) is 22.7 Å². The van der Waals surface area contributed by atoms with Crippen LogP contribution in [0.1, 0.15) is 57.8 Å². The number of carbonyl (C=O) groups excluding carboxylic acids is 2. The van der Waals surface area contributed by atoms with Crippen molar-refractivity contribution in [3.63, 3.8) is 0 Å². The number of carbonyl (C=O) groups is 2. The van der Waals surface area contributed by atoms with E-state index in [4.69, 9.17) is 0 Å². The first kappa shape index (κ1) is 24.9. The summed E-state index contributed by atoms with van der Waals surface area (Å²) in [7, 11) is 0. The highest BCUT2D eigenvalue weighted by Crippen LogP contribution is 2.59. The molecule has 1 heterocycles. The van der Waals surface area contributed by atoms with E-state index in [0.717, 1.165) is 38.5 Å². The molecule has 2 atom stereocenters. The Labute approximate surface area is 204 Å². The highest BCUT2D eigenvalue weighted by molar-refractivity contribution is 5.94. The molecule has 0 N–H and O–H groups in total. The molecule has 5 nitrogen and oxygen atoms in total. The number of halogens is 1. The van der Waals surface area contributed by atoms with E-state index in [1.165, 1.54) is 24.1 Å². The summed E-state index contributed by atoms with van der Waals surface area (Å²) in [4.78, 5) is 32.2. The lowest BCUT2D eigenvalue weighted by molar-refractivity contribution is -0.139. The topological polar surface area (TPSA) is 43.9 Å². The minimum absolute atomic E-state index is 0.116. The molecule has 5 rings (SSSR count). The van der Waals surface area contributed by atoms with E-state index in [1.54, 1.807) is 17.0 Å². The van der Waals surface area contributed by atoms with Crippen molar-refractivity contribution in [1.29, 1.82) is 0 Å². The molecule has 186 valence electrons. The second kappa shape index (κ2) is 9.44. The Morgan fingerprint density at radius 2 is 1.85 bits per heavy atom. The maximum Gasteiger partial charge on any atom is 0.254 e. The van der Waals surface area contributed by atoms with Crippen molar-refractivity contribution in [1.82, 2.24) is 14.7 Å². The summed E-state index contributed by atoms with van der Waals surface area (Å²) < 4.78 is 13.5. The van der Waals surface area contributed by atoms with Gasteiger partial charge in [-0.05, 0) is 48.3 Å². The van der Waals surface area contributed by atoms with Crippen LogP contribution in [-0.4, -0.2) is 72.3 Å². The number of nitrogens with zero attached hydrogens (tertiary/aromatic N) is 3. The zero-order chi connectivity index (χ0) is 24.7. The first-order valence-electron chi connectivity index (χ1n) is 12.7. The van der Waals surface area contributed by atoms with Gasteiger partial charge in [0.2, 0.25) is 5.91 Å². The predicted octanol–water partition coefficient (Wildman–Crippen LogP) is 4.45. The number of benzene rings is 1. The SMILES string of the molecule is CC(C)(C)C(=O)N(CCN1CCN(C(=O)c2cccc(F)c2)CC1)CC1=CCC2CC1C2(C)C. The lowest BCUT2D eigenvalue weighted by Gasteiger charge is -2.57. The van der Waals surface area contributed by atoms with Crippen LogP contribution in [-0.2, 0) is 4.79 Å². The number of hydrogen-bond donors (Lipinski definition) is 0. The minimum atomic E-state index is -0.414. The zero-order valence-corrected chi connectivity index (χ0v) is 21.4. The fourth-order valence-electron chi connectivity index (χ4n) is 5.84. The molecule has 4 aliphatic rings. The largest absolute Gasteiger partial charge is 0.337 e. The van der Waals surface area contributed by atoms with Crippen LogP contribution in [0, 0.1) is 28.5 Å². The Bertz CT molecular complexity index is 957. The van der Waals surface area contributed by atoms with Crippen molar-refractivity contribution in [3.05, 3.63) is 47.3 Å². The van der Waals surface area contributed by atoms with Gasteiger partial charge in [-0.2, -0.15) is 0 Å². The van der Waals surface area contributed by atoms with E-state index in [0.29, 0.717) is 36.5 Å². The first-order valence-corrected chi connectivity index (χ1v) is 12.7. The third-order valence-corrected chi connectivity index (χ3v) is 8.30. The Morgan fingerprint density at radius 1 is 1.15 bits per heavy atom. The molecule has 1 saturated heterocycles. The van der Waals surface area contributed by atoms with Crippen LogP contribution in [0.4, 0.5) is 4.39 Å².